The van der Waals surface area contributed by atoms with Gasteiger partial charge in [-0.1, -0.05) is 25.7 Å². The predicted octanol–water partition coefficient (Wildman–Crippen LogP) is 5.81. The molecule has 1 N–H and O–H groups in total. The van der Waals surface area contributed by atoms with Crippen LogP contribution in [-0.2, 0) is 4.79 Å². The second-order valence-corrected chi connectivity index (χ2v) is 8.46. The molecule has 0 saturated heterocycles. The Balaban J connectivity index is 1.94. The highest BCUT2D eigenvalue weighted by molar-refractivity contribution is 7.13. The fraction of sp³-hybridized carbons (Fsp3) is 0.240. The van der Waals surface area contributed by atoms with Gasteiger partial charge in [0.2, 0.25) is 0 Å². The van der Waals surface area contributed by atoms with Crippen LogP contribution in [-0.4, -0.2) is 27.6 Å². The third kappa shape index (κ3) is 5.06. The van der Waals surface area contributed by atoms with Crippen LogP contribution in [0.2, 0.25) is 0 Å². The molecule has 32 heavy (non-hydrogen) atoms. The molecule has 3 rings (SSSR count). The molecular formula is C25H28N4O2S. The number of nitrogens with one attached hydrogen (secondary N) is 1. The van der Waals surface area contributed by atoms with E-state index < -0.39 is 0 Å². The number of aromatic nitrogens is 3. The zero-order valence-corrected chi connectivity index (χ0v) is 19.9. The van der Waals surface area contributed by atoms with E-state index in [0.29, 0.717) is 17.0 Å². The average molecular weight is 449 g/mol. The van der Waals surface area contributed by atoms with Crippen LogP contribution in [0.1, 0.15) is 34.6 Å². The Morgan fingerprint density at radius 2 is 2.09 bits per heavy atom. The molecule has 0 spiro atoms. The van der Waals surface area contributed by atoms with Crippen LogP contribution >= 0.6 is 11.3 Å². The van der Waals surface area contributed by atoms with E-state index in [9.17, 15) is 4.79 Å². The van der Waals surface area contributed by atoms with Gasteiger partial charge in [0.25, 0.3) is 5.91 Å². The Kier molecular flexibility index (Phi) is 7.43. The molecule has 0 unspecified atom stereocenters. The summed E-state index contributed by atoms with van der Waals surface area (Å²) in [5.74, 6) is 0.413. The van der Waals surface area contributed by atoms with E-state index in [2.05, 4.69) is 27.9 Å². The van der Waals surface area contributed by atoms with Gasteiger partial charge in [0, 0.05) is 29.1 Å². The van der Waals surface area contributed by atoms with Crippen LogP contribution in [0.4, 0.5) is 5.69 Å². The highest BCUT2D eigenvalue weighted by Crippen LogP contribution is 2.33. The van der Waals surface area contributed by atoms with E-state index in [0.717, 1.165) is 39.0 Å². The van der Waals surface area contributed by atoms with Gasteiger partial charge in [-0.15, -0.1) is 11.3 Å². The summed E-state index contributed by atoms with van der Waals surface area (Å²) in [6, 6.07) is 5.55. The molecule has 2 heterocycles. The maximum Gasteiger partial charge on any atom is 0.256 e. The largest absolute Gasteiger partial charge is 0.494 e. The van der Waals surface area contributed by atoms with Crippen LogP contribution in [0.25, 0.3) is 11.3 Å². The summed E-state index contributed by atoms with van der Waals surface area (Å²) in [4.78, 5) is 23.1. The van der Waals surface area contributed by atoms with Gasteiger partial charge in [0.15, 0.2) is 0 Å². The fourth-order valence-corrected chi connectivity index (χ4v) is 4.41. The smallest absolute Gasteiger partial charge is 0.256 e. The standard InChI is InChI=1S/C25H28N4O2S/c1-7-9-20(24-17(4)27-18(5)32-24)21(10-8-2)25(30)28-19-11-12-22(23(13-19)31-6)29-14-16(3)26-15-29/h8-15H,2,7H2,1,3-6H3,(H,28,30)/b20-9+,21-10+. The van der Waals surface area contributed by atoms with Crippen LogP contribution in [0, 0.1) is 20.8 Å². The molecule has 6 nitrogen and oxygen atoms in total. The van der Waals surface area contributed by atoms with Crippen molar-refractivity contribution in [3.63, 3.8) is 0 Å². The zero-order valence-electron chi connectivity index (χ0n) is 19.1. The van der Waals surface area contributed by atoms with Crippen LogP contribution in [0.5, 0.6) is 5.75 Å². The van der Waals surface area contributed by atoms with Gasteiger partial charge in [0.1, 0.15) is 5.75 Å². The summed E-state index contributed by atoms with van der Waals surface area (Å²) in [5, 5.41) is 3.97. The molecule has 2 aromatic heterocycles. The van der Waals surface area contributed by atoms with Crippen molar-refractivity contribution >= 4 is 28.5 Å². The van der Waals surface area contributed by atoms with E-state index in [1.165, 1.54) is 0 Å². The Hall–Kier alpha value is -3.45. The maximum absolute atomic E-state index is 13.3. The van der Waals surface area contributed by atoms with E-state index in [1.54, 1.807) is 43.0 Å². The number of carbonyl (C=O) groups is 1. The molecule has 0 atom stereocenters. The molecule has 0 aliphatic heterocycles. The van der Waals surface area contributed by atoms with Gasteiger partial charge >= 0.3 is 0 Å². The Morgan fingerprint density at radius 3 is 2.66 bits per heavy atom. The Bertz CT molecular complexity index is 1200. The maximum atomic E-state index is 13.3. The molecule has 166 valence electrons. The van der Waals surface area contributed by atoms with Crippen molar-refractivity contribution in [2.75, 3.05) is 12.4 Å². The SMILES string of the molecule is C=C/C=C(C(=O)Nc1ccc(-n2cnc(C)c2)c(OC)c1)\C(=C/CC)c1sc(C)nc1C. The van der Waals surface area contributed by atoms with Crippen LogP contribution < -0.4 is 10.1 Å². The first-order valence-corrected chi connectivity index (χ1v) is 11.2. The van der Waals surface area contributed by atoms with Gasteiger partial charge in [-0.2, -0.15) is 0 Å². The molecule has 7 heteroatoms. The number of aryl methyl sites for hydroxylation is 3. The highest BCUT2D eigenvalue weighted by atomic mass is 32.1. The van der Waals surface area contributed by atoms with E-state index in [1.807, 2.05) is 50.6 Å². The molecule has 0 fully saturated rings. The lowest BCUT2D eigenvalue weighted by molar-refractivity contribution is -0.112. The number of hydrogen-bond donors (Lipinski definition) is 1. The second-order valence-electron chi connectivity index (χ2n) is 7.25. The van der Waals surface area contributed by atoms with Crippen molar-refractivity contribution in [2.45, 2.75) is 34.1 Å². The van der Waals surface area contributed by atoms with Crippen LogP contribution in [0.15, 0.2) is 61.1 Å². The minimum Gasteiger partial charge on any atom is -0.494 e. The van der Waals surface area contributed by atoms with Crippen molar-refractivity contribution < 1.29 is 9.53 Å². The second kappa shape index (κ2) is 10.2. The molecule has 1 aromatic carbocycles. The van der Waals surface area contributed by atoms with E-state index in [-0.39, 0.29) is 5.91 Å². The number of allylic oxidation sites excluding steroid dienone is 3. The van der Waals surface area contributed by atoms with Crippen molar-refractivity contribution in [1.29, 1.82) is 0 Å². The normalized spacial score (nSPS) is 12.0. The highest BCUT2D eigenvalue weighted by Gasteiger charge is 2.20. The third-order valence-electron chi connectivity index (χ3n) is 4.80. The molecule has 1 amide bonds. The van der Waals surface area contributed by atoms with Crippen molar-refractivity contribution in [3.8, 4) is 11.4 Å². The lowest BCUT2D eigenvalue weighted by Crippen LogP contribution is -2.16. The first-order valence-electron chi connectivity index (χ1n) is 10.4. The van der Waals surface area contributed by atoms with Gasteiger partial charge in [0.05, 0.1) is 40.4 Å². The lowest BCUT2D eigenvalue weighted by Gasteiger charge is -2.14. The summed E-state index contributed by atoms with van der Waals surface area (Å²) in [6.45, 7) is 11.7. The minimum absolute atomic E-state index is 0.219. The monoisotopic (exact) mass is 448 g/mol. The van der Waals surface area contributed by atoms with Crippen molar-refractivity contribution in [1.82, 2.24) is 14.5 Å². The molecule has 0 bridgehead atoms. The van der Waals surface area contributed by atoms with Crippen molar-refractivity contribution in [2.24, 2.45) is 0 Å². The number of methoxy groups -OCH3 is 1. The van der Waals surface area contributed by atoms with Gasteiger partial charge < -0.3 is 14.6 Å². The number of rotatable bonds is 8. The third-order valence-corrected chi connectivity index (χ3v) is 5.91. The molecule has 0 radical (unpaired) electrons. The molecule has 3 aromatic rings. The molecule has 0 aliphatic carbocycles. The summed E-state index contributed by atoms with van der Waals surface area (Å²) in [7, 11) is 1.61. The molecule has 0 saturated carbocycles. The lowest BCUT2D eigenvalue weighted by atomic mass is 10.0. The number of amides is 1. The van der Waals surface area contributed by atoms with Crippen molar-refractivity contribution in [3.05, 3.63) is 82.4 Å². The Labute approximate surface area is 193 Å². The topological polar surface area (TPSA) is 69.0 Å². The van der Waals surface area contributed by atoms with E-state index >= 15 is 0 Å². The van der Waals surface area contributed by atoms with Gasteiger partial charge in [-0.05, 0) is 45.4 Å². The van der Waals surface area contributed by atoms with E-state index in [4.69, 9.17) is 4.74 Å². The fourth-order valence-electron chi connectivity index (χ4n) is 3.44. The number of thiazole rings is 1. The van der Waals surface area contributed by atoms with Gasteiger partial charge in [-0.25, -0.2) is 9.97 Å². The minimum atomic E-state index is -0.219. The average Bonchev–Trinajstić information content (AvgIpc) is 3.34. The summed E-state index contributed by atoms with van der Waals surface area (Å²) >= 11 is 1.58. The van der Waals surface area contributed by atoms with Gasteiger partial charge in [-0.3, -0.25) is 4.79 Å². The van der Waals surface area contributed by atoms with Crippen LogP contribution in [0.3, 0.4) is 0 Å². The molecular weight excluding hydrogens is 420 g/mol. The summed E-state index contributed by atoms with van der Waals surface area (Å²) < 4.78 is 7.45. The number of hydrogen-bond acceptors (Lipinski definition) is 5. The first kappa shape index (κ1) is 23.2. The number of ether oxygens (including phenoxy) is 1. The number of carbonyl (C=O) groups excluding carboxylic acids is 1. The number of nitrogens with zero attached hydrogens (tertiary/aromatic N) is 3. The summed E-state index contributed by atoms with van der Waals surface area (Å²) in [6.07, 6.45) is 9.87. The summed E-state index contributed by atoms with van der Waals surface area (Å²) in [5.41, 5.74) is 4.71. The molecule has 0 aliphatic rings. The Morgan fingerprint density at radius 1 is 1.31 bits per heavy atom. The number of imidazole rings is 1. The quantitative estimate of drug-likeness (QED) is 0.349. The predicted molar refractivity (Wildman–Crippen MR) is 132 cm³/mol. The number of benzene rings is 1. The number of anilines is 1. The first-order chi connectivity index (χ1) is 15.4. The zero-order chi connectivity index (χ0) is 23.3.